The van der Waals surface area contributed by atoms with Crippen LogP contribution in [0.5, 0.6) is 0 Å². The first kappa shape index (κ1) is 12.4. The fourth-order valence-corrected chi connectivity index (χ4v) is 0.444. The van der Waals surface area contributed by atoms with Gasteiger partial charge in [-0.15, -0.1) is 0 Å². The third-order valence-electron chi connectivity index (χ3n) is 0.881. The van der Waals surface area contributed by atoms with Gasteiger partial charge in [-0.1, -0.05) is 53.7 Å². The summed E-state index contributed by atoms with van der Waals surface area (Å²) in [5.41, 5.74) is 0. The van der Waals surface area contributed by atoms with Gasteiger partial charge in [0.15, 0.2) is 0 Å². The second kappa shape index (κ2) is 8.74. The van der Waals surface area contributed by atoms with E-state index in [0.717, 1.165) is 0 Å². The predicted octanol–water partition coefficient (Wildman–Crippen LogP) is 3.88. The predicted molar refractivity (Wildman–Crippen MR) is 50.2 cm³/mol. The molecule has 0 amide bonds. The molecule has 10 heavy (non-hydrogen) atoms. The van der Waals surface area contributed by atoms with Crippen LogP contribution < -0.4 is 0 Å². The monoisotopic (exact) mass is 142 g/mol. The van der Waals surface area contributed by atoms with E-state index in [4.69, 9.17) is 0 Å². The van der Waals surface area contributed by atoms with Crippen LogP contribution in [0.2, 0.25) is 0 Å². The standard InChI is InChI=1S/C8H16.C2H6/c1-7(2)5-6-8(3)4;1-2/h5-8H,1-4H3;1-2H3/b6-5+;. The lowest BCUT2D eigenvalue weighted by Crippen LogP contribution is -1.81. The summed E-state index contributed by atoms with van der Waals surface area (Å²) >= 11 is 0. The molecule has 62 valence electrons. The van der Waals surface area contributed by atoms with Gasteiger partial charge in [-0.3, -0.25) is 0 Å². The van der Waals surface area contributed by atoms with Crippen molar-refractivity contribution in [3.8, 4) is 0 Å². The van der Waals surface area contributed by atoms with Crippen LogP contribution in [0.15, 0.2) is 12.2 Å². The molecule has 0 fully saturated rings. The van der Waals surface area contributed by atoms with E-state index in [-0.39, 0.29) is 0 Å². The minimum atomic E-state index is 0.706. The van der Waals surface area contributed by atoms with Crippen LogP contribution in [0.1, 0.15) is 41.5 Å². The van der Waals surface area contributed by atoms with Crippen LogP contribution in [0, 0.1) is 11.8 Å². The van der Waals surface area contributed by atoms with E-state index in [0.29, 0.717) is 11.8 Å². The average Bonchev–Trinajstić information content (AvgIpc) is 1.89. The van der Waals surface area contributed by atoms with Gasteiger partial charge in [0.1, 0.15) is 0 Å². The van der Waals surface area contributed by atoms with Crippen molar-refractivity contribution in [3.05, 3.63) is 12.2 Å². The molecule has 0 nitrogen and oxygen atoms in total. The van der Waals surface area contributed by atoms with Gasteiger partial charge in [-0.05, 0) is 11.8 Å². The van der Waals surface area contributed by atoms with E-state index in [9.17, 15) is 0 Å². The molecule has 0 N–H and O–H groups in total. The summed E-state index contributed by atoms with van der Waals surface area (Å²) in [6, 6.07) is 0. The lowest BCUT2D eigenvalue weighted by atomic mass is 10.1. The van der Waals surface area contributed by atoms with Gasteiger partial charge in [0, 0.05) is 0 Å². The van der Waals surface area contributed by atoms with Gasteiger partial charge in [-0.2, -0.15) is 0 Å². The Kier molecular flexibility index (Phi) is 10.9. The molecule has 0 heterocycles. The Morgan fingerprint density at radius 1 is 0.700 bits per heavy atom. The SMILES string of the molecule is CC.CC(C)/C=C/C(C)C. The van der Waals surface area contributed by atoms with Crippen LogP contribution >= 0.6 is 0 Å². The molecule has 0 aliphatic rings. The van der Waals surface area contributed by atoms with Gasteiger partial charge in [0.2, 0.25) is 0 Å². The highest BCUT2D eigenvalue weighted by Crippen LogP contribution is 1.99. The first-order valence-corrected chi connectivity index (χ1v) is 4.31. The molecule has 0 aliphatic carbocycles. The molecule has 0 bridgehead atoms. The highest BCUT2D eigenvalue weighted by atomic mass is 13.9. The molecule has 0 aliphatic heterocycles. The second-order valence-corrected chi connectivity index (χ2v) is 2.87. The molecule has 0 atom stereocenters. The zero-order valence-electron chi connectivity index (χ0n) is 8.31. The normalized spacial score (nSPS) is 10.4. The molecule has 0 heteroatoms. The molecular formula is C10H22. The van der Waals surface area contributed by atoms with Crippen molar-refractivity contribution in [1.82, 2.24) is 0 Å². The molecule has 0 spiro atoms. The minimum absolute atomic E-state index is 0.706. The molecule has 0 rings (SSSR count). The lowest BCUT2D eigenvalue weighted by Gasteiger charge is -1.95. The van der Waals surface area contributed by atoms with Crippen molar-refractivity contribution in [2.75, 3.05) is 0 Å². The second-order valence-electron chi connectivity index (χ2n) is 2.87. The Bertz CT molecular complexity index is 58.1. The molecule has 0 saturated carbocycles. The average molecular weight is 142 g/mol. The van der Waals surface area contributed by atoms with Crippen LogP contribution in [0.25, 0.3) is 0 Å². The Hall–Kier alpha value is -0.260. The maximum atomic E-state index is 2.24. The van der Waals surface area contributed by atoms with Gasteiger partial charge < -0.3 is 0 Å². The summed E-state index contributed by atoms with van der Waals surface area (Å²) in [7, 11) is 0. The number of hydrogen-bond donors (Lipinski definition) is 0. The summed E-state index contributed by atoms with van der Waals surface area (Å²) in [5.74, 6) is 1.41. The number of rotatable bonds is 2. The topological polar surface area (TPSA) is 0 Å². The van der Waals surface area contributed by atoms with Crippen LogP contribution in [-0.2, 0) is 0 Å². The molecule has 0 unspecified atom stereocenters. The van der Waals surface area contributed by atoms with Crippen molar-refractivity contribution in [3.63, 3.8) is 0 Å². The zero-order valence-corrected chi connectivity index (χ0v) is 8.31. The summed E-state index contributed by atoms with van der Waals surface area (Å²) < 4.78 is 0. The van der Waals surface area contributed by atoms with Crippen molar-refractivity contribution in [2.24, 2.45) is 11.8 Å². The maximum Gasteiger partial charge on any atom is -0.0290 e. The lowest BCUT2D eigenvalue weighted by molar-refractivity contribution is 0.780. The first-order chi connectivity index (χ1) is 4.63. The van der Waals surface area contributed by atoms with E-state index in [1.54, 1.807) is 0 Å². The third kappa shape index (κ3) is 15.6. The van der Waals surface area contributed by atoms with Crippen molar-refractivity contribution >= 4 is 0 Å². The third-order valence-corrected chi connectivity index (χ3v) is 0.881. The Labute approximate surface area is 66.3 Å². The number of hydrogen-bond acceptors (Lipinski definition) is 0. The molecule has 0 aromatic heterocycles. The summed E-state index contributed by atoms with van der Waals surface area (Å²) in [6.45, 7) is 12.8. The summed E-state index contributed by atoms with van der Waals surface area (Å²) in [6.07, 6.45) is 4.48. The molecule has 0 radical (unpaired) electrons. The smallest absolute Gasteiger partial charge is 0.0290 e. The van der Waals surface area contributed by atoms with Gasteiger partial charge in [0.25, 0.3) is 0 Å². The van der Waals surface area contributed by atoms with E-state index >= 15 is 0 Å². The van der Waals surface area contributed by atoms with Gasteiger partial charge >= 0.3 is 0 Å². The maximum absolute atomic E-state index is 2.24. The van der Waals surface area contributed by atoms with E-state index in [1.165, 1.54) is 0 Å². The van der Waals surface area contributed by atoms with Crippen molar-refractivity contribution in [1.29, 1.82) is 0 Å². The Morgan fingerprint density at radius 2 is 0.900 bits per heavy atom. The fourth-order valence-electron chi connectivity index (χ4n) is 0.444. The summed E-state index contributed by atoms with van der Waals surface area (Å²) in [5, 5.41) is 0. The largest absolute Gasteiger partial charge is 0.0857 e. The van der Waals surface area contributed by atoms with Crippen molar-refractivity contribution in [2.45, 2.75) is 41.5 Å². The molecular weight excluding hydrogens is 120 g/mol. The molecule has 0 saturated heterocycles. The van der Waals surface area contributed by atoms with Gasteiger partial charge in [0.05, 0.1) is 0 Å². The molecule has 0 aromatic rings. The van der Waals surface area contributed by atoms with Crippen molar-refractivity contribution < 1.29 is 0 Å². The highest BCUT2D eigenvalue weighted by molar-refractivity contribution is 4.86. The van der Waals surface area contributed by atoms with Gasteiger partial charge in [-0.25, -0.2) is 0 Å². The highest BCUT2D eigenvalue weighted by Gasteiger charge is 1.85. The van der Waals surface area contributed by atoms with Crippen LogP contribution in [0.3, 0.4) is 0 Å². The Morgan fingerprint density at radius 3 is 1.00 bits per heavy atom. The zero-order chi connectivity index (χ0) is 8.57. The molecule has 0 aromatic carbocycles. The first-order valence-electron chi connectivity index (χ1n) is 4.31. The van der Waals surface area contributed by atoms with Crippen LogP contribution in [-0.4, -0.2) is 0 Å². The summed E-state index contributed by atoms with van der Waals surface area (Å²) in [4.78, 5) is 0. The minimum Gasteiger partial charge on any atom is -0.0857 e. The van der Waals surface area contributed by atoms with Crippen LogP contribution in [0.4, 0.5) is 0 Å². The van der Waals surface area contributed by atoms with E-state index < -0.39 is 0 Å². The van der Waals surface area contributed by atoms with E-state index in [1.807, 2.05) is 13.8 Å². The Balaban J connectivity index is 0. The fraction of sp³-hybridized carbons (Fsp3) is 0.800. The quantitative estimate of drug-likeness (QED) is 0.513. The van der Waals surface area contributed by atoms with E-state index in [2.05, 4.69) is 39.8 Å². The number of allylic oxidation sites excluding steroid dienone is 2.